The van der Waals surface area contributed by atoms with Gasteiger partial charge in [-0.3, -0.25) is 4.98 Å². The molecule has 106 valence electrons. The summed E-state index contributed by atoms with van der Waals surface area (Å²) in [5.41, 5.74) is 7.19. The maximum absolute atomic E-state index is 12.2. The van der Waals surface area contributed by atoms with Crippen molar-refractivity contribution in [3.63, 3.8) is 0 Å². The van der Waals surface area contributed by atoms with Crippen molar-refractivity contribution in [2.75, 3.05) is 34.4 Å². The maximum Gasteiger partial charge on any atom is 0.171 e. The van der Waals surface area contributed by atoms with E-state index in [1.807, 2.05) is 4.90 Å². The summed E-state index contributed by atoms with van der Waals surface area (Å²) in [5, 5.41) is -0.516. The number of anilines is 2. The lowest BCUT2D eigenvalue weighted by Crippen LogP contribution is -2.48. The van der Waals surface area contributed by atoms with Crippen LogP contribution in [0.2, 0.25) is 0 Å². The van der Waals surface area contributed by atoms with Crippen LogP contribution in [0.25, 0.3) is 0 Å². The molecule has 2 N–H and O–H groups in total. The number of thioether (sulfide) groups is 1. The highest BCUT2D eigenvalue weighted by molar-refractivity contribution is 9.10. The molecule has 1 atom stereocenters. The minimum absolute atomic E-state index is 0.136. The fourth-order valence-corrected chi connectivity index (χ4v) is 5.62. The molecule has 2 rings (SSSR count). The standard InChI is InChI=1S/C11H16BrN3O2S2/c1-2-19(16,17)10-7-18-4-3-15(10)11-8(12)5-14-6-9(11)13/h5-6,10H,2-4,7,13H2,1H3. The van der Waals surface area contributed by atoms with Crippen molar-refractivity contribution in [3.05, 3.63) is 16.9 Å². The molecule has 0 saturated carbocycles. The van der Waals surface area contributed by atoms with Crippen LogP contribution in [0, 0.1) is 0 Å². The molecule has 2 heterocycles. The molecule has 5 nitrogen and oxygen atoms in total. The van der Waals surface area contributed by atoms with Crippen molar-refractivity contribution in [2.24, 2.45) is 0 Å². The molecule has 0 aromatic carbocycles. The molecule has 1 aliphatic heterocycles. The molecule has 8 heteroatoms. The third kappa shape index (κ3) is 3.00. The Hall–Kier alpha value is -0.470. The first-order valence-electron chi connectivity index (χ1n) is 5.92. The summed E-state index contributed by atoms with van der Waals surface area (Å²) >= 11 is 5.08. The minimum Gasteiger partial charge on any atom is -0.396 e. The Kier molecular flexibility index (Phi) is 4.62. The van der Waals surface area contributed by atoms with Gasteiger partial charge in [0.05, 0.1) is 22.0 Å². The predicted octanol–water partition coefficient (Wildman–Crippen LogP) is 1.74. The fourth-order valence-electron chi connectivity index (χ4n) is 2.07. The van der Waals surface area contributed by atoms with E-state index < -0.39 is 15.2 Å². The molecule has 1 saturated heterocycles. The molecule has 0 aliphatic carbocycles. The summed E-state index contributed by atoms with van der Waals surface area (Å²) in [4.78, 5) is 5.88. The number of hydrogen-bond donors (Lipinski definition) is 1. The second-order valence-corrected chi connectivity index (χ2v) is 8.69. The van der Waals surface area contributed by atoms with Gasteiger partial charge < -0.3 is 10.6 Å². The predicted molar refractivity (Wildman–Crippen MR) is 84.3 cm³/mol. The van der Waals surface area contributed by atoms with E-state index in [4.69, 9.17) is 5.73 Å². The highest BCUT2D eigenvalue weighted by Crippen LogP contribution is 2.36. The summed E-state index contributed by atoms with van der Waals surface area (Å²) in [5.74, 6) is 1.60. The van der Waals surface area contributed by atoms with Crippen LogP contribution in [0.5, 0.6) is 0 Å². The molecule has 1 fully saturated rings. The monoisotopic (exact) mass is 365 g/mol. The lowest BCUT2D eigenvalue weighted by atomic mass is 10.3. The Morgan fingerprint density at radius 1 is 1.58 bits per heavy atom. The summed E-state index contributed by atoms with van der Waals surface area (Å²) in [6.07, 6.45) is 3.19. The third-order valence-electron chi connectivity index (χ3n) is 3.09. The van der Waals surface area contributed by atoms with Crippen molar-refractivity contribution < 1.29 is 8.42 Å². The number of nitrogens with zero attached hydrogens (tertiary/aromatic N) is 2. The van der Waals surface area contributed by atoms with Crippen LogP contribution < -0.4 is 10.6 Å². The van der Waals surface area contributed by atoms with Gasteiger partial charge in [-0.25, -0.2) is 8.42 Å². The van der Waals surface area contributed by atoms with Gasteiger partial charge in [-0.15, -0.1) is 0 Å². The van der Waals surface area contributed by atoms with Crippen molar-refractivity contribution in [1.82, 2.24) is 4.98 Å². The van der Waals surface area contributed by atoms with E-state index in [2.05, 4.69) is 20.9 Å². The van der Waals surface area contributed by atoms with Crippen LogP contribution in [0.4, 0.5) is 11.4 Å². The largest absolute Gasteiger partial charge is 0.396 e. The lowest BCUT2D eigenvalue weighted by molar-refractivity contribution is 0.579. The summed E-state index contributed by atoms with van der Waals surface area (Å²) < 4.78 is 25.2. The van der Waals surface area contributed by atoms with E-state index in [9.17, 15) is 8.42 Å². The molecular formula is C11H16BrN3O2S2. The fraction of sp³-hybridized carbons (Fsp3) is 0.545. The third-order valence-corrected chi connectivity index (χ3v) is 6.96. The van der Waals surface area contributed by atoms with Crippen LogP contribution in [0.3, 0.4) is 0 Å². The van der Waals surface area contributed by atoms with E-state index in [1.165, 1.54) is 0 Å². The summed E-state index contributed by atoms with van der Waals surface area (Å²) in [6, 6.07) is 0. The van der Waals surface area contributed by atoms with Crippen LogP contribution in [0.15, 0.2) is 16.9 Å². The van der Waals surface area contributed by atoms with E-state index in [0.717, 1.165) is 15.9 Å². The van der Waals surface area contributed by atoms with Crippen LogP contribution >= 0.6 is 27.7 Å². The molecule has 0 amide bonds. The topological polar surface area (TPSA) is 76.3 Å². The second kappa shape index (κ2) is 5.88. The van der Waals surface area contributed by atoms with E-state index in [0.29, 0.717) is 18.0 Å². The number of pyridine rings is 1. The zero-order chi connectivity index (χ0) is 14.0. The lowest BCUT2D eigenvalue weighted by Gasteiger charge is -2.37. The normalized spacial score (nSPS) is 20.5. The number of hydrogen-bond acceptors (Lipinski definition) is 6. The smallest absolute Gasteiger partial charge is 0.171 e. The van der Waals surface area contributed by atoms with Gasteiger partial charge in [-0.2, -0.15) is 11.8 Å². The zero-order valence-electron chi connectivity index (χ0n) is 10.5. The van der Waals surface area contributed by atoms with E-state index >= 15 is 0 Å². The van der Waals surface area contributed by atoms with Gasteiger partial charge in [-0.05, 0) is 15.9 Å². The Labute approximate surface area is 126 Å². The number of sulfone groups is 1. The first-order chi connectivity index (χ1) is 8.97. The van der Waals surface area contributed by atoms with Crippen LogP contribution in [0.1, 0.15) is 6.92 Å². The van der Waals surface area contributed by atoms with Gasteiger partial charge >= 0.3 is 0 Å². The molecule has 1 unspecified atom stereocenters. The van der Waals surface area contributed by atoms with Crippen molar-refractivity contribution in [3.8, 4) is 0 Å². The first kappa shape index (κ1) is 14.9. The van der Waals surface area contributed by atoms with Gasteiger partial charge in [0.15, 0.2) is 9.84 Å². The van der Waals surface area contributed by atoms with Gasteiger partial charge in [0.25, 0.3) is 0 Å². The molecule has 0 spiro atoms. The Balaban J connectivity index is 2.46. The Bertz CT molecular complexity index is 545. The quantitative estimate of drug-likeness (QED) is 0.878. The molecule has 1 aliphatic rings. The minimum atomic E-state index is -3.14. The number of nitrogen functional groups attached to an aromatic ring is 1. The molecule has 1 aromatic rings. The van der Waals surface area contributed by atoms with Gasteiger partial charge in [0.2, 0.25) is 0 Å². The SMILES string of the molecule is CCS(=O)(=O)C1CSCCN1c1c(N)cncc1Br. The molecular weight excluding hydrogens is 350 g/mol. The van der Waals surface area contributed by atoms with Gasteiger partial charge in [-0.1, -0.05) is 6.92 Å². The zero-order valence-corrected chi connectivity index (χ0v) is 13.8. The van der Waals surface area contributed by atoms with Gasteiger partial charge in [0.1, 0.15) is 5.37 Å². The summed E-state index contributed by atoms with van der Waals surface area (Å²) in [6.45, 7) is 2.35. The van der Waals surface area contributed by atoms with Gasteiger partial charge in [0, 0.05) is 30.0 Å². The summed E-state index contributed by atoms with van der Waals surface area (Å²) in [7, 11) is -3.14. The number of rotatable bonds is 3. The Morgan fingerprint density at radius 3 is 2.95 bits per heavy atom. The molecule has 19 heavy (non-hydrogen) atoms. The van der Waals surface area contributed by atoms with E-state index in [1.54, 1.807) is 31.1 Å². The molecule has 0 radical (unpaired) electrons. The van der Waals surface area contributed by atoms with Crippen molar-refractivity contribution in [1.29, 1.82) is 0 Å². The number of aromatic nitrogens is 1. The number of nitrogens with two attached hydrogens (primary N) is 1. The van der Waals surface area contributed by atoms with E-state index in [-0.39, 0.29) is 5.75 Å². The highest BCUT2D eigenvalue weighted by atomic mass is 79.9. The Morgan fingerprint density at radius 2 is 2.32 bits per heavy atom. The van der Waals surface area contributed by atoms with Crippen molar-refractivity contribution in [2.45, 2.75) is 12.3 Å². The average Bonchev–Trinajstić information content (AvgIpc) is 2.39. The number of halogens is 1. The van der Waals surface area contributed by atoms with Crippen molar-refractivity contribution >= 4 is 48.9 Å². The first-order valence-corrected chi connectivity index (χ1v) is 9.58. The van der Waals surface area contributed by atoms with Crippen LogP contribution in [-0.2, 0) is 9.84 Å². The average molecular weight is 366 g/mol. The molecule has 1 aromatic heterocycles. The highest BCUT2D eigenvalue weighted by Gasteiger charge is 2.34. The van der Waals surface area contributed by atoms with Crippen LogP contribution in [-0.4, -0.2) is 42.6 Å². The second-order valence-electron chi connectivity index (χ2n) is 4.23. The molecule has 0 bridgehead atoms. The maximum atomic E-state index is 12.2.